The van der Waals surface area contributed by atoms with Crippen LogP contribution in [-0.2, 0) is 0 Å². The fraction of sp³-hybridized carbons (Fsp3) is 0. The summed E-state index contributed by atoms with van der Waals surface area (Å²) < 4.78 is 24.0. The van der Waals surface area contributed by atoms with Gasteiger partial charge in [-0.05, 0) is 0 Å². The van der Waals surface area contributed by atoms with Gasteiger partial charge in [0, 0.05) is 4.66 Å². The van der Waals surface area contributed by atoms with Crippen LogP contribution in [0, 0.1) is 10.8 Å². The molecule has 0 aromatic carbocycles. The van der Waals surface area contributed by atoms with E-state index in [1.165, 1.54) is 0 Å². The average Bonchev–Trinajstić information content (AvgIpc) is 0.811. The molecular formula is H5BaClO4. The Kier molecular flexibility index (Phi) is 25.7. The monoisotopic (exact) mass is 242 g/mol. The van der Waals surface area contributed by atoms with Gasteiger partial charge in [0.1, 0.15) is 0 Å². The van der Waals surface area contributed by atoms with Crippen LogP contribution in [-0.4, -0.2) is 59.0 Å². The van der Waals surface area contributed by atoms with Gasteiger partial charge in [0.2, 0.25) is 0 Å². The molecule has 3 N–H and O–H groups in total. The van der Waals surface area contributed by atoms with E-state index in [0.717, 1.165) is 0 Å². The fourth-order valence-electron chi connectivity index (χ4n) is 0. The number of halogens is 1. The van der Waals surface area contributed by atoms with E-state index in [9.17, 15) is 0 Å². The summed E-state index contributed by atoms with van der Waals surface area (Å²) in [6, 6.07) is 0. The maximum atomic E-state index is 8.52. The Bertz CT molecular complexity index is 18.8. The molecule has 0 amide bonds. The smallest absolute Gasteiger partial charge is 1.00 e. The van der Waals surface area contributed by atoms with Gasteiger partial charge in [-0.25, -0.2) is 0 Å². The van der Waals surface area contributed by atoms with Crippen molar-refractivity contribution in [2.45, 2.75) is 0 Å². The molecule has 4 nitrogen and oxygen atoms in total. The van der Waals surface area contributed by atoms with Gasteiger partial charge in [0.25, 0.3) is 10.8 Å². The predicted molar refractivity (Wildman–Crippen MR) is 13.8 cm³/mol. The van der Waals surface area contributed by atoms with Gasteiger partial charge in [0.15, 0.2) is 0 Å². The molecule has 0 aliphatic heterocycles. The third kappa shape index (κ3) is 43.5. The van der Waals surface area contributed by atoms with Crippen LogP contribution in [0.25, 0.3) is 0 Å². The molecule has 0 bridgehead atoms. The van der Waals surface area contributed by atoms with Crippen molar-refractivity contribution in [3.05, 3.63) is 0 Å². The molecule has 0 saturated carbocycles. The van der Waals surface area contributed by atoms with E-state index in [0.29, 0.717) is 0 Å². The van der Waals surface area contributed by atoms with Gasteiger partial charge in [-0.2, -0.15) is 0 Å². The molecule has 0 aliphatic carbocycles. The van der Waals surface area contributed by atoms with E-state index in [1.54, 1.807) is 0 Å². The summed E-state index contributed by atoms with van der Waals surface area (Å²) in [4.78, 5) is 0. The zero-order chi connectivity index (χ0) is 3.58. The molecule has 6 heteroatoms. The quantitative estimate of drug-likeness (QED) is 0.439. The van der Waals surface area contributed by atoms with Crippen LogP contribution in [0.2, 0.25) is 0 Å². The minimum Gasteiger partial charge on any atom is -1.00 e. The van der Waals surface area contributed by atoms with E-state index in [1.807, 2.05) is 0 Å². The van der Waals surface area contributed by atoms with Gasteiger partial charge in [0.05, 0.1) is 0 Å². The summed E-state index contributed by atoms with van der Waals surface area (Å²) in [6.07, 6.45) is 0. The third-order valence-electron chi connectivity index (χ3n) is 0. The average molecular weight is 242 g/mol. The van der Waals surface area contributed by atoms with Crippen molar-refractivity contribution in [3.8, 4) is 0 Å². The fourth-order valence-corrected chi connectivity index (χ4v) is 0. The molecular weight excluding hydrogens is 237 g/mol. The molecule has 0 rings (SSSR count). The zero-order valence-corrected chi connectivity index (χ0v) is 8.05. The van der Waals surface area contributed by atoms with Crippen molar-refractivity contribution in [2.24, 2.45) is 0 Å². The second-order valence-corrected chi connectivity index (χ2v) is 0.603. The van der Waals surface area contributed by atoms with E-state index < -0.39 is 10.8 Å². The molecule has 0 spiro atoms. The minimum absolute atomic E-state index is 0. The second-order valence-electron chi connectivity index (χ2n) is 0.201. The van der Waals surface area contributed by atoms with Crippen LogP contribution in [0.3, 0.4) is 0 Å². The number of hydrogen-bond acceptors (Lipinski definition) is 3. The van der Waals surface area contributed by atoms with Gasteiger partial charge in [-0.3, -0.25) is 0 Å². The molecule has 6 heavy (non-hydrogen) atoms. The first-order valence-electron chi connectivity index (χ1n) is 0.478. The standard InChI is InChI=1S/Ba.ClHO3.H2O.2H/c;2-1(3)4;;;/h;2H;1H2;;/q+2;;;2*-1. The molecule has 0 atom stereocenters. The Hall–Kier alpha value is 1.70. The Labute approximate surface area is 80.9 Å². The Morgan fingerprint density at radius 1 is 1.50 bits per heavy atom. The topological polar surface area (TPSA) is 97.9 Å². The first kappa shape index (κ1) is 15.6. The maximum absolute atomic E-state index is 8.52. The SMILES string of the molecule is O.[Ba+2].[H-].[H-].[O-][Cl+2]([O-])O. The first-order valence-corrected chi connectivity index (χ1v) is 1.43. The molecule has 0 aromatic rings. The van der Waals surface area contributed by atoms with Crippen molar-refractivity contribution in [3.63, 3.8) is 0 Å². The number of rotatable bonds is 0. The summed E-state index contributed by atoms with van der Waals surface area (Å²) in [5.74, 6) is 0. The summed E-state index contributed by atoms with van der Waals surface area (Å²) in [5, 5.41) is 0. The molecule has 0 aromatic heterocycles. The van der Waals surface area contributed by atoms with Gasteiger partial charge in [-0.1, -0.05) is 0 Å². The summed E-state index contributed by atoms with van der Waals surface area (Å²) >= 11 is 0. The van der Waals surface area contributed by atoms with Crippen molar-refractivity contribution in [1.82, 2.24) is 0 Å². The van der Waals surface area contributed by atoms with Crippen LogP contribution in [0.15, 0.2) is 0 Å². The van der Waals surface area contributed by atoms with Crippen LogP contribution >= 0.6 is 0 Å². The third-order valence-corrected chi connectivity index (χ3v) is 0. The van der Waals surface area contributed by atoms with E-state index >= 15 is 0 Å². The van der Waals surface area contributed by atoms with Crippen LogP contribution in [0.1, 0.15) is 2.85 Å². The van der Waals surface area contributed by atoms with Crippen LogP contribution in [0.5, 0.6) is 0 Å². The van der Waals surface area contributed by atoms with Gasteiger partial charge >= 0.3 is 48.9 Å². The Balaban J connectivity index is -0.00000000750. The van der Waals surface area contributed by atoms with Crippen molar-refractivity contribution < 1.29 is 33.1 Å². The Morgan fingerprint density at radius 2 is 1.50 bits per heavy atom. The molecule has 0 fully saturated rings. The van der Waals surface area contributed by atoms with Crippen molar-refractivity contribution in [2.75, 3.05) is 0 Å². The molecule has 38 valence electrons. The van der Waals surface area contributed by atoms with E-state index in [4.69, 9.17) is 14.0 Å². The number of hydrogen-bond donors (Lipinski definition) is 1. The van der Waals surface area contributed by atoms with Crippen LogP contribution < -0.4 is 9.32 Å². The molecule has 0 heterocycles. The van der Waals surface area contributed by atoms with Gasteiger partial charge in [-0.15, -0.1) is 0 Å². The molecule has 0 saturated heterocycles. The first-order chi connectivity index (χ1) is 1.73. The second kappa shape index (κ2) is 9.86. The molecule has 0 radical (unpaired) electrons. The largest absolute Gasteiger partial charge is 2.00 e. The summed E-state index contributed by atoms with van der Waals surface area (Å²) in [6.45, 7) is 0. The molecule has 0 aliphatic rings. The maximum Gasteiger partial charge on any atom is 2.00 e. The van der Waals surface area contributed by atoms with Crippen LogP contribution in [0.4, 0.5) is 0 Å². The summed E-state index contributed by atoms with van der Waals surface area (Å²) in [7, 11) is -2.60. The minimum atomic E-state index is -2.60. The predicted octanol–water partition coefficient (Wildman–Crippen LogP) is -3.92. The van der Waals surface area contributed by atoms with Gasteiger partial charge < -0.3 is 17.6 Å². The van der Waals surface area contributed by atoms with E-state index in [2.05, 4.69) is 0 Å². The van der Waals surface area contributed by atoms with Crippen molar-refractivity contribution >= 4 is 48.9 Å². The zero-order valence-electron chi connectivity index (χ0n) is 4.85. The normalized spacial score (nSPS) is 6.00. The molecule has 0 unspecified atom stereocenters. The van der Waals surface area contributed by atoms with Crippen molar-refractivity contribution in [1.29, 1.82) is 0 Å². The Morgan fingerprint density at radius 3 is 1.50 bits per heavy atom. The summed E-state index contributed by atoms with van der Waals surface area (Å²) in [5.41, 5.74) is 0. The van der Waals surface area contributed by atoms with E-state index in [-0.39, 0.29) is 57.2 Å².